The van der Waals surface area contributed by atoms with Gasteiger partial charge >= 0.3 is 103 Å². The van der Waals surface area contributed by atoms with Crippen LogP contribution >= 0.6 is 0 Å². The molecule has 118 valence electrons. The van der Waals surface area contributed by atoms with E-state index in [-0.39, 0.29) is 23.2 Å². The quantitative estimate of drug-likeness (QED) is 0.535. The molecular weight excluding hydrogens is 367 g/mol. The molecule has 1 aliphatic rings. The number of hydrogen-bond donors (Lipinski definition) is 0. The number of allylic oxidation sites excluding steroid dienone is 1. The second-order valence-corrected chi connectivity index (χ2v) is 8.85. The van der Waals surface area contributed by atoms with Crippen molar-refractivity contribution in [3.05, 3.63) is 113 Å². The first-order valence-corrected chi connectivity index (χ1v) is 11.9. The molecule has 0 N–H and O–H groups in total. The maximum absolute atomic E-state index is 2.24. The van der Waals surface area contributed by atoms with Crippen molar-refractivity contribution in [3.63, 3.8) is 0 Å². The van der Waals surface area contributed by atoms with Crippen LogP contribution in [0, 0.1) is 0 Å². The van der Waals surface area contributed by atoms with Crippen LogP contribution in [0.3, 0.4) is 0 Å². The molecule has 3 aromatic rings. The molecule has 0 radical (unpaired) electrons. The number of fused-ring (bicyclic) bond motifs is 1. The molecular formula is C23H22Zr. The zero-order valence-electron chi connectivity index (χ0n) is 13.9. The van der Waals surface area contributed by atoms with E-state index in [0.717, 1.165) is 6.42 Å². The Balaban J connectivity index is 0.000000159. The van der Waals surface area contributed by atoms with Crippen molar-refractivity contribution in [2.75, 3.05) is 0 Å². The van der Waals surface area contributed by atoms with Gasteiger partial charge in [0.15, 0.2) is 0 Å². The summed E-state index contributed by atoms with van der Waals surface area (Å²) in [5.74, 6) is 0. The van der Waals surface area contributed by atoms with Gasteiger partial charge in [-0.15, -0.1) is 0 Å². The average Bonchev–Trinajstić information content (AvgIpc) is 3.13. The van der Waals surface area contributed by atoms with Crippen molar-refractivity contribution in [3.8, 4) is 0 Å². The Kier molecular flexibility index (Phi) is 6.81. The molecule has 0 saturated heterocycles. The van der Waals surface area contributed by atoms with Gasteiger partial charge in [-0.1, -0.05) is 36.4 Å². The minimum absolute atomic E-state index is 0.258. The van der Waals surface area contributed by atoms with E-state index in [1.165, 1.54) is 30.5 Å². The van der Waals surface area contributed by atoms with Crippen LogP contribution < -0.4 is 0 Å². The van der Waals surface area contributed by atoms with Crippen molar-refractivity contribution in [1.82, 2.24) is 0 Å². The van der Waals surface area contributed by atoms with E-state index in [1.807, 2.05) is 0 Å². The Morgan fingerprint density at radius 2 is 1.17 bits per heavy atom. The summed E-state index contributed by atoms with van der Waals surface area (Å²) in [5, 5.41) is 0. The molecule has 1 aliphatic carbocycles. The Morgan fingerprint density at radius 3 is 1.75 bits per heavy atom. The van der Waals surface area contributed by atoms with Crippen molar-refractivity contribution in [2.24, 2.45) is 0 Å². The standard InChI is InChI=1S/C9H8.2C7H7.Zr/c1-2-5-9-7-3-6-8(9)4-1;2*1-7-5-3-2-4-6-7;/h1-6H,7H2;2*2-6H,1H2;. The topological polar surface area (TPSA) is 0 Å². The molecule has 0 bridgehead atoms. The molecule has 0 unspecified atom stereocenters. The fraction of sp³-hybridized carbons (Fsp3) is 0.130. The van der Waals surface area contributed by atoms with Gasteiger partial charge in [-0.2, -0.15) is 0 Å². The van der Waals surface area contributed by atoms with E-state index in [2.05, 4.69) is 97.1 Å². The summed E-state index contributed by atoms with van der Waals surface area (Å²) in [6.07, 6.45) is 5.50. The molecule has 24 heavy (non-hydrogen) atoms. The van der Waals surface area contributed by atoms with Gasteiger partial charge < -0.3 is 0 Å². The second-order valence-electron chi connectivity index (χ2n) is 5.88. The van der Waals surface area contributed by atoms with Gasteiger partial charge in [0.1, 0.15) is 0 Å². The van der Waals surface area contributed by atoms with Gasteiger partial charge in [-0.3, -0.25) is 0 Å². The molecule has 4 rings (SSSR count). The van der Waals surface area contributed by atoms with Crippen LogP contribution in [0.15, 0.2) is 91.0 Å². The first kappa shape index (κ1) is 17.1. The van der Waals surface area contributed by atoms with Gasteiger partial charge in [0.2, 0.25) is 0 Å². The molecule has 0 heterocycles. The van der Waals surface area contributed by atoms with Crippen LogP contribution in [-0.4, -0.2) is 0 Å². The molecule has 0 saturated carbocycles. The van der Waals surface area contributed by atoms with E-state index >= 15 is 0 Å². The summed E-state index contributed by atoms with van der Waals surface area (Å²) in [5.41, 5.74) is 5.87. The minimum atomic E-state index is -0.258. The molecule has 0 aromatic heterocycles. The van der Waals surface area contributed by atoms with E-state index in [4.69, 9.17) is 0 Å². The summed E-state index contributed by atoms with van der Waals surface area (Å²) in [6.45, 7) is 0. The number of rotatable bonds is 4. The molecule has 0 aliphatic heterocycles. The Morgan fingerprint density at radius 1 is 0.625 bits per heavy atom. The summed E-state index contributed by atoms with van der Waals surface area (Å²) in [6, 6.07) is 30.2. The molecule has 3 aromatic carbocycles. The monoisotopic (exact) mass is 388 g/mol. The predicted molar refractivity (Wildman–Crippen MR) is 99.5 cm³/mol. The van der Waals surface area contributed by atoms with E-state index < -0.39 is 0 Å². The van der Waals surface area contributed by atoms with Crippen molar-refractivity contribution < 1.29 is 23.2 Å². The number of benzene rings is 3. The normalized spacial score (nSPS) is 11.3. The van der Waals surface area contributed by atoms with Gasteiger partial charge in [-0.25, -0.2) is 0 Å². The zero-order valence-corrected chi connectivity index (χ0v) is 16.3. The third-order valence-corrected chi connectivity index (χ3v) is 7.27. The average molecular weight is 390 g/mol. The second kappa shape index (κ2) is 9.55. The molecule has 1 heteroatoms. The molecule has 0 amide bonds. The van der Waals surface area contributed by atoms with E-state index in [1.54, 1.807) is 0 Å². The Labute approximate surface area is 156 Å². The van der Waals surface area contributed by atoms with Crippen molar-refractivity contribution in [1.29, 1.82) is 0 Å². The van der Waals surface area contributed by atoms with E-state index in [9.17, 15) is 0 Å². The summed E-state index contributed by atoms with van der Waals surface area (Å²) < 4.78 is 2.69. The van der Waals surface area contributed by atoms with Gasteiger partial charge in [0, 0.05) is 0 Å². The maximum atomic E-state index is 2.24. The zero-order chi connectivity index (χ0) is 16.5. The van der Waals surface area contributed by atoms with Gasteiger partial charge in [-0.05, 0) is 17.5 Å². The van der Waals surface area contributed by atoms with Crippen LogP contribution in [-0.2, 0) is 37.9 Å². The van der Waals surface area contributed by atoms with Crippen LogP contribution in [0.4, 0.5) is 0 Å². The fourth-order valence-electron chi connectivity index (χ4n) is 2.74. The first-order valence-electron chi connectivity index (χ1n) is 8.45. The Hall–Kier alpha value is -1.72. The van der Waals surface area contributed by atoms with Gasteiger partial charge in [0.05, 0.1) is 0 Å². The van der Waals surface area contributed by atoms with Gasteiger partial charge in [0.25, 0.3) is 0 Å². The summed E-state index contributed by atoms with van der Waals surface area (Å²) in [4.78, 5) is 0. The molecule has 0 atom stereocenters. The van der Waals surface area contributed by atoms with Crippen LogP contribution in [0.1, 0.15) is 22.3 Å². The third kappa shape index (κ3) is 5.43. The van der Waals surface area contributed by atoms with Crippen molar-refractivity contribution in [2.45, 2.75) is 14.7 Å². The molecule has 0 fully saturated rings. The summed E-state index contributed by atoms with van der Waals surface area (Å²) >= 11 is -0.258. The molecule has 0 spiro atoms. The Bertz CT molecular complexity index is 721. The third-order valence-electron chi connectivity index (χ3n) is 4.03. The van der Waals surface area contributed by atoms with Crippen LogP contribution in [0.2, 0.25) is 0 Å². The molecule has 0 nitrogen and oxygen atoms in total. The fourth-order valence-corrected chi connectivity index (χ4v) is 5.62. The van der Waals surface area contributed by atoms with Crippen LogP contribution in [0.5, 0.6) is 0 Å². The summed E-state index contributed by atoms with van der Waals surface area (Å²) in [7, 11) is 0. The SMILES string of the molecule is C1=Cc2ccccc2C1.c1ccc([CH2][Zr][CH2]c2ccccc2)cc1. The van der Waals surface area contributed by atoms with E-state index in [0.29, 0.717) is 0 Å². The van der Waals surface area contributed by atoms with Crippen molar-refractivity contribution >= 4 is 6.08 Å². The first-order chi connectivity index (χ1) is 11.9. The predicted octanol–water partition coefficient (Wildman–Crippen LogP) is 5.73. The number of hydrogen-bond acceptors (Lipinski definition) is 0. The van der Waals surface area contributed by atoms with Crippen LogP contribution in [0.25, 0.3) is 6.08 Å².